The number of carboxylic acid groups (broad SMARTS) is 1. The normalized spacial score (nSPS) is 13.1. The van der Waals surface area contributed by atoms with Crippen molar-refractivity contribution in [3.8, 4) is 22.4 Å². The number of unbranched alkanes of at least 4 members (excludes halogenated alkanes) is 1. The summed E-state index contributed by atoms with van der Waals surface area (Å²) in [5, 5.41) is 23.8. The van der Waals surface area contributed by atoms with Crippen LogP contribution in [0.4, 0.5) is 10.1 Å². The Labute approximate surface area is 292 Å². The van der Waals surface area contributed by atoms with E-state index in [9.17, 15) is 29.0 Å². The quantitative estimate of drug-likeness (QED) is 0.0598. The predicted molar refractivity (Wildman–Crippen MR) is 192 cm³/mol. The van der Waals surface area contributed by atoms with Crippen molar-refractivity contribution in [2.24, 2.45) is 11.5 Å². The van der Waals surface area contributed by atoms with Crippen LogP contribution < -0.4 is 16.8 Å². The minimum atomic E-state index is -1.18. The van der Waals surface area contributed by atoms with Crippen molar-refractivity contribution in [3.63, 3.8) is 0 Å². The number of carboxylic acids is 1. The van der Waals surface area contributed by atoms with Crippen LogP contribution in [0.15, 0.2) is 84.9 Å². The lowest BCUT2D eigenvalue weighted by molar-refractivity contribution is -0.155. The third-order valence-corrected chi connectivity index (χ3v) is 8.47. The van der Waals surface area contributed by atoms with E-state index in [0.29, 0.717) is 59.6 Å². The molecule has 4 aromatic rings. The number of para-hydroxylation sites is 1. The van der Waals surface area contributed by atoms with Gasteiger partial charge in [0, 0.05) is 29.9 Å². The molecule has 10 nitrogen and oxygen atoms in total. The SMILES string of the molecule is CC(C)c1c(C(=O)Nc2ccccc2)c(-c2ccccc2)c(-c2ccc(F)cc2)n1CC[C@@H](O)C[C@H](CC(=O)O)OC(=O)[C@H](N)CCCCN. The van der Waals surface area contributed by atoms with Gasteiger partial charge in [0.25, 0.3) is 5.91 Å². The Morgan fingerprint density at radius 3 is 2.14 bits per heavy atom. The number of amides is 1. The van der Waals surface area contributed by atoms with E-state index >= 15 is 0 Å². The molecule has 0 radical (unpaired) electrons. The molecule has 0 bridgehead atoms. The summed E-state index contributed by atoms with van der Waals surface area (Å²) in [5.74, 6) is -2.81. The minimum absolute atomic E-state index is 0.132. The second-order valence-corrected chi connectivity index (χ2v) is 12.7. The summed E-state index contributed by atoms with van der Waals surface area (Å²) in [6, 6.07) is 23.7. The molecule has 0 aliphatic heterocycles. The Hall–Kier alpha value is -4.84. The average Bonchev–Trinajstić information content (AvgIpc) is 3.44. The molecule has 1 aromatic heterocycles. The fraction of sp³-hybridized carbons (Fsp3) is 0.359. The van der Waals surface area contributed by atoms with Gasteiger partial charge in [-0.2, -0.15) is 0 Å². The highest BCUT2D eigenvalue weighted by molar-refractivity contribution is 6.12. The van der Waals surface area contributed by atoms with Crippen LogP contribution in [0, 0.1) is 5.82 Å². The standard InChI is InChI=1S/C39H47FN4O6/c1-25(2)36-35(38(48)43-29-13-7-4-8-14-29)34(26-11-5-3-6-12-26)37(27-16-18-28(40)19-17-27)44(36)22-20-30(45)23-31(24-33(46)47)50-39(49)32(42)15-9-10-21-41/h3-8,11-14,16-19,25,30-32,45H,9-10,15,20-24,41-42H2,1-2H3,(H,43,48)(H,46,47)/t30-,31-,32-/m1/s1. The van der Waals surface area contributed by atoms with Crippen molar-refractivity contribution in [3.05, 3.63) is 102 Å². The number of rotatable bonds is 18. The number of nitrogens with one attached hydrogen (secondary N) is 1. The van der Waals surface area contributed by atoms with E-state index in [4.69, 9.17) is 16.2 Å². The molecule has 0 saturated carbocycles. The number of aliphatic hydroxyl groups excluding tert-OH is 1. The molecule has 1 amide bonds. The maximum absolute atomic E-state index is 14.3. The van der Waals surface area contributed by atoms with Crippen molar-refractivity contribution in [2.75, 3.05) is 11.9 Å². The highest BCUT2D eigenvalue weighted by Crippen LogP contribution is 2.42. The molecular weight excluding hydrogens is 639 g/mol. The van der Waals surface area contributed by atoms with Gasteiger partial charge in [-0.25, -0.2) is 4.39 Å². The number of aromatic nitrogens is 1. The van der Waals surface area contributed by atoms with Gasteiger partial charge in [0.15, 0.2) is 0 Å². The maximum atomic E-state index is 14.3. The van der Waals surface area contributed by atoms with Crippen LogP contribution >= 0.6 is 0 Å². The molecule has 7 N–H and O–H groups in total. The molecule has 0 aliphatic carbocycles. The van der Waals surface area contributed by atoms with Gasteiger partial charge in [0.05, 0.1) is 23.8 Å². The molecule has 266 valence electrons. The van der Waals surface area contributed by atoms with Crippen LogP contribution in [-0.4, -0.2) is 57.4 Å². The lowest BCUT2D eigenvalue weighted by Crippen LogP contribution is -2.37. The van der Waals surface area contributed by atoms with E-state index in [-0.39, 0.29) is 31.2 Å². The monoisotopic (exact) mass is 686 g/mol. The molecule has 3 atom stereocenters. The number of hydrogen-bond donors (Lipinski definition) is 5. The third kappa shape index (κ3) is 10.1. The Bertz CT molecular complexity index is 1710. The number of nitrogens with two attached hydrogens (primary N) is 2. The number of esters is 1. The number of carbonyl (C=O) groups excluding carboxylic acids is 2. The van der Waals surface area contributed by atoms with Gasteiger partial charge >= 0.3 is 11.9 Å². The second-order valence-electron chi connectivity index (χ2n) is 12.7. The summed E-state index contributed by atoms with van der Waals surface area (Å²) in [7, 11) is 0. The van der Waals surface area contributed by atoms with Crippen molar-refractivity contribution in [1.29, 1.82) is 0 Å². The van der Waals surface area contributed by atoms with Gasteiger partial charge in [0.2, 0.25) is 0 Å². The number of nitrogens with zero attached hydrogens (tertiary/aromatic N) is 1. The lowest BCUT2D eigenvalue weighted by atomic mass is 9.94. The first kappa shape index (κ1) is 38.0. The summed E-state index contributed by atoms with van der Waals surface area (Å²) in [6.07, 6.45) is -1.02. The van der Waals surface area contributed by atoms with Crippen molar-refractivity contribution >= 4 is 23.5 Å². The van der Waals surface area contributed by atoms with E-state index in [1.54, 1.807) is 24.3 Å². The summed E-state index contributed by atoms with van der Waals surface area (Å²) in [6.45, 7) is 4.63. The number of anilines is 1. The summed E-state index contributed by atoms with van der Waals surface area (Å²) in [5.41, 5.74) is 16.1. The Kier molecular flexibility index (Phi) is 13.8. The van der Waals surface area contributed by atoms with Crippen molar-refractivity contribution in [2.45, 2.75) is 83.1 Å². The largest absolute Gasteiger partial charge is 0.481 e. The van der Waals surface area contributed by atoms with Gasteiger partial charge in [-0.1, -0.05) is 68.8 Å². The molecule has 0 saturated heterocycles. The van der Waals surface area contributed by atoms with E-state index in [2.05, 4.69) is 5.32 Å². The highest BCUT2D eigenvalue weighted by Gasteiger charge is 2.31. The van der Waals surface area contributed by atoms with Gasteiger partial charge in [-0.15, -0.1) is 0 Å². The lowest BCUT2D eigenvalue weighted by Gasteiger charge is -2.23. The van der Waals surface area contributed by atoms with E-state index in [0.717, 1.165) is 5.56 Å². The van der Waals surface area contributed by atoms with Crippen LogP contribution in [0.3, 0.4) is 0 Å². The number of aliphatic carboxylic acids is 1. The Morgan fingerprint density at radius 1 is 0.900 bits per heavy atom. The van der Waals surface area contributed by atoms with E-state index in [1.165, 1.54) is 12.1 Å². The van der Waals surface area contributed by atoms with Crippen LogP contribution in [0.1, 0.15) is 74.3 Å². The van der Waals surface area contributed by atoms with Gasteiger partial charge in [-0.05, 0) is 79.3 Å². The molecular formula is C39H47FN4O6. The molecule has 0 unspecified atom stereocenters. The average molecular weight is 687 g/mol. The predicted octanol–water partition coefficient (Wildman–Crippen LogP) is 6.32. The number of benzene rings is 3. The Morgan fingerprint density at radius 2 is 1.54 bits per heavy atom. The Balaban J connectivity index is 1.74. The topological polar surface area (TPSA) is 170 Å². The van der Waals surface area contributed by atoms with E-state index < -0.39 is 42.4 Å². The molecule has 3 aromatic carbocycles. The van der Waals surface area contributed by atoms with Crippen LogP contribution in [0.25, 0.3) is 22.4 Å². The summed E-state index contributed by atoms with van der Waals surface area (Å²) < 4.78 is 21.7. The first-order valence-corrected chi connectivity index (χ1v) is 17.0. The molecule has 50 heavy (non-hydrogen) atoms. The zero-order chi connectivity index (χ0) is 36.2. The fourth-order valence-corrected chi connectivity index (χ4v) is 6.15. The first-order chi connectivity index (χ1) is 24.0. The van der Waals surface area contributed by atoms with Crippen LogP contribution in [-0.2, 0) is 20.9 Å². The van der Waals surface area contributed by atoms with Crippen molar-refractivity contribution in [1.82, 2.24) is 4.57 Å². The number of halogens is 1. The number of ether oxygens (including phenoxy) is 1. The molecule has 0 aliphatic rings. The molecule has 4 rings (SSSR count). The smallest absolute Gasteiger partial charge is 0.323 e. The molecule has 0 fully saturated rings. The van der Waals surface area contributed by atoms with E-state index in [1.807, 2.05) is 66.9 Å². The molecule has 1 heterocycles. The number of carbonyl (C=O) groups is 3. The molecule has 11 heteroatoms. The maximum Gasteiger partial charge on any atom is 0.323 e. The number of hydrogen-bond acceptors (Lipinski definition) is 7. The zero-order valence-corrected chi connectivity index (χ0v) is 28.6. The van der Waals surface area contributed by atoms with Gasteiger partial charge in [0.1, 0.15) is 18.0 Å². The van der Waals surface area contributed by atoms with Crippen LogP contribution in [0.5, 0.6) is 0 Å². The van der Waals surface area contributed by atoms with Gasteiger partial charge in [-0.3, -0.25) is 14.4 Å². The number of aliphatic hydroxyl groups is 1. The third-order valence-electron chi connectivity index (χ3n) is 8.47. The van der Waals surface area contributed by atoms with Crippen LogP contribution in [0.2, 0.25) is 0 Å². The molecule has 0 spiro atoms. The fourth-order valence-electron chi connectivity index (χ4n) is 6.15. The summed E-state index contributed by atoms with van der Waals surface area (Å²) >= 11 is 0. The summed E-state index contributed by atoms with van der Waals surface area (Å²) in [4.78, 5) is 38.6. The second kappa shape index (κ2) is 18.2. The zero-order valence-electron chi connectivity index (χ0n) is 28.6. The first-order valence-electron chi connectivity index (χ1n) is 17.0. The highest BCUT2D eigenvalue weighted by atomic mass is 19.1. The van der Waals surface area contributed by atoms with Crippen molar-refractivity contribution < 1.29 is 33.7 Å². The minimum Gasteiger partial charge on any atom is -0.481 e. The van der Waals surface area contributed by atoms with Gasteiger partial charge < -0.3 is 36.3 Å².